The van der Waals surface area contributed by atoms with Gasteiger partial charge in [-0.2, -0.15) is 0 Å². The van der Waals surface area contributed by atoms with Gasteiger partial charge in [0.15, 0.2) is 17.5 Å². The van der Waals surface area contributed by atoms with E-state index in [0.29, 0.717) is 5.57 Å². The van der Waals surface area contributed by atoms with E-state index in [-0.39, 0.29) is 30.4 Å². The summed E-state index contributed by atoms with van der Waals surface area (Å²) in [5.74, 6) is -6.86. The molecule has 2 saturated carbocycles. The minimum absolute atomic E-state index is 0.148. The van der Waals surface area contributed by atoms with Crippen molar-refractivity contribution in [2.75, 3.05) is 0 Å². The van der Waals surface area contributed by atoms with Crippen LogP contribution in [0.1, 0.15) is 81.5 Å². The van der Waals surface area contributed by atoms with Crippen LogP contribution in [0.25, 0.3) is 0 Å². The highest BCUT2D eigenvalue weighted by Gasteiger charge is 2.76. The van der Waals surface area contributed by atoms with Crippen molar-refractivity contribution in [2.24, 2.45) is 22.7 Å². The Kier molecular flexibility index (Phi) is 9.71. The van der Waals surface area contributed by atoms with Crippen LogP contribution in [0.4, 0.5) is 0 Å². The first-order valence-corrected chi connectivity index (χ1v) is 16.3. The minimum Gasteiger partial charge on any atom is -0.459 e. The van der Waals surface area contributed by atoms with E-state index in [1.807, 2.05) is 0 Å². The van der Waals surface area contributed by atoms with Crippen molar-refractivity contribution >= 4 is 35.4 Å². The van der Waals surface area contributed by atoms with Gasteiger partial charge in [0, 0.05) is 37.5 Å². The summed E-state index contributed by atoms with van der Waals surface area (Å²) in [5, 5.41) is 12.6. The Bertz CT molecular complexity index is 1680. The van der Waals surface area contributed by atoms with E-state index >= 15 is 0 Å². The number of benzene rings is 2. The summed E-state index contributed by atoms with van der Waals surface area (Å²) in [6.45, 7) is 9.11. The molecule has 2 fully saturated rings. The number of ketones is 2. The van der Waals surface area contributed by atoms with Crippen LogP contribution in [-0.4, -0.2) is 70.6 Å². The van der Waals surface area contributed by atoms with Crippen LogP contribution < -0.4 is 0 Å². The second-order valence-electron chi connectivity index (χ2n) is 14.1. The first-order valence-electron chi connectivity index (χ1n) is 16.3. The van der Waals surface area contributed by atoms with E-state index in [0.717, 1.165) is 13.8 Å². The Morgan fingerprint density at radius 3 is 1.78 bits per heavy atom. The second kappa shape index (κ2) is 13.3. The lowest BCUT2D eigenvalue weighted by Gasteiger charge is -2.66. The fourth-order valence-electron chi connectivity index (χ4n) is 8.51. The van der Waals surface area contributed by atoms with Gasteiger partial charge < -0.3 is 24.1 Å². The van der Waals surface area contributed by atoms with E-state index in [1.165, 1.54) is 12.1 Å². The van der Waals surface area contributed by atoms with Gasteiger partial charge in [0.05, 0.1) is 17.0 Å². The molecule has 0 saturated heterocycles. The first kappa shape index (κ1) is 35.7. The highest BCUT2D eigenvalue weighted by atomic mass is 16.6. The molecule has 0 amide bonds. The van der Waals surface area contributed by atoms with Crippen molar-refractivity contribution in [1.29, 1.82) is 0 Å². The molecule has 0 bridgehead atoms. The molecule has 11 heteroatoms. The van der Waals surface area contributed by atoms with Crippen molar-refractivity contribution in [3.05, 3.63) is 83.4 Å². The first-order chi connectivity index (χ1) is 23.0. The molecule has 0 radical (unpaired) electrons. The Balaban J connectivity index is 1.77. The number of carbonyl (C=O) groups excluding carboxylic acids is 6. The fraction of sp³-hybridized carbons (Fsp3) is 0.474. The van der Waals surface area contributed by atoms with E-state index in [1.54, 1.807) is 82.3 Å². The van der Waals surface area contributed by atoms with Crippen LogP contribution in [0.15, 0.2) is 72.3 Å². The number of allylic oxidation sites excluding steroid dienone is 2. The summed E-state index contributed by atoms with van der Waals surface area (Å²) in [6.07, 6.45) is -4.79. The quantitative estimate of drug-likeness (QED) is 0.259. The Labute approximate surface area is 284 Å². The zero-order chi connectivity index (χ0) is 35.9. The maximum absolute atomic E-state index is 14.5. The van der Waals surface area contributed by atoms with E-state index in [2.05, 4.69) is 0 Å². The summed E-state index contributed by atoms with van der Waals surface area (Å²) in [7, 11) is 0. The van der Waals surface area contributed by atoms with Crippen molar-refractivity contribution in [1.82, 2.24) is 0 Å². The van der Waals surface area contributed by atoms with Gasteiger partial charge in [-0.15, -0.1) is 0 Å². The lowest BCUT2D eigenvalue weighted by atomic mass is 9.41. The summed E-state index contributed by atoms with van der Waals surface area (Å²) in [6, 6.07) is 16.2. The van der Waals surface area contributed by atoms with Crippen molar-refractivity contribution in [3.63, 3.8) is 0 Å². The molecule has 11 nitrogen and oxygen atoms in total. The lowest BCUT2D eigenvalue weighted by molar-refractivity contribution is -0.288. The van der Waals surface area contributed by atoms with E-state index < -0.39 is 88.1 Å². The van der Waals surface area contributed by atoms with Crippen LogP contribution in [0, 0.1) is 22.7 Å². The lowest BCUT2D eigenvalue weighted by Crippen LogP contribution is -2.78. The van der Waals surface area contributed by atoms with Crippen LogP contribution in [0.2, 0.25) is 0 Å². The molecule has 8 unspecified atom stereocenters. The maximum atomic E-state index is 14.5. The van der Waals surface area contributed by atoms with Gasteiger partial charge in [0.2, 0.25) is 0 Å². The van der Waals surface area contributed by atoms with Crippen LogP contribution in [0.3, 0.4) is 0 Å². The van der Waals surface area contributed by atoms with Crippen LogP contribution >= 0.6 is 0 Å². The molecule has 0 aliphatic heterocycles. The van der Waals surface area contributed by atoms with Gasteiger partial charge >= 0.3 is 23.9 Å². The summed E-state index contributed by atoms with van der Waals surface area (Å²) in [4.78, 5) is 81.4. The predicted molar refractivity (Wildman–Crippen MR) is 174 cm³/mol. The number of hydrogen-bond donors (Lipinski definition) is 1. The van der Waals surface area contributed by atoms with Crippen LogP contribution in [0.5, 0.6) is 0 Å². The van der Waals surface area contributed by atoms with Crippen molar-refractivity contribution in [3.8, 4) is 0 Å². The molecule has 0 spiro atoms. The van der Waals surface area contributed by atoms with Gasteiger partial charge in [0.25, 0.3) is 0 Å². The predicted octanol–water partition coefficient (Wildman–Crippen LogP) is 4.59. The summed E-state index contributed by atoms with van der Waals surface area (Å²) < 4.78 is 24.0. The number of Topliss-reactive ketones (excluding diaryl/α,β-unsaturated/α-hetero) is 2. The Hall–Kier alpha value is -4.64. The molecule has 5 rings (SSSR count). The highest BCUT2D eigenvalue weighted by Crippen LogP contribution is 2.65. The largest absolute Gasteiger partial charge is 0.459 e. The molecule has 260 valence electrons. The average Bonchev–Trinajstić information content (AvgIpc) is 3.04. The van der Waals surface area contributed by atoms with Gasteiger partial charge in [-0.3, -0.25) is 19.2 Å². The molecule has 1 N–H and O–H groups in total. The van der Waals surface area contributed by atoms with Crippen molar-refractivity contribution < 1.29 is 52.8 Å². The number of fused-ring (bicyclic) bond motifs is 3. The molecule has 8 atom stereocenters. The van der Waals surface area contributed by atoms with Gasteiger partial charge in [-0.1, -0.05) is 68.8 Å². The number of rotatable bonds is 6. The van der Waals surface area contributed by atoms with Gasteiger partial charge in [-0.05, 0) is 43.5 Å². The molecular formula is C38H42O11. The monoisotopic (exact) mass is 674 g/mol. The summed E-state index contributed by atoms with van der Waals surface area (Å²) in [5.41, 5.74) is -4.42. The number of hydrogen-bond acceptors (Lipinski definition) is 11. The third-order valence-corrected chi connectivity index (χ3v) is 10.5. The second-order valence-corrected chi connectivity index (χ2v) is 14.1. The highest BCUT2D eigenvalue weighted by molar-refractivity contribution is 5.99. The normalized spacial score (nSPS) is 32.2. The third-order valence-electron chi connectivity index (χ3n) is 10.5. The SMILES string of the molecule is CC(=O)OC1C(OC(=O)c2ccccc2)C(C)(C)C2CC(OC(C)=O)C3(O)C(=O)CC=C(C)CC(=O)C3C2(C)C1OC(=O)c1ccccc1. The van der Waals surface area contributed by atoms with E-state index in [9.17, 15) is 33.9 Å². The molecular weight excluding hydrogens is 632 g/mol. The number of carbonyl (C=O) groups is 6. The average molecular weight is 675 g/mol. The molecule has 2 aromatic carbocycles. The number of esters is 4. The molecule has 49 heavy (non-hydrogen) atoms. The molecule has 3 aliphatic rings. The maximum Gasteiger partial charge on any atom is 0.338 e. The fourth-order valence-corrected chi connectivity index (χ4v) is 8.51. The van der Waals surface area contributed by atoms with Gasteiger partial charge in [0.1, 0.15) is 24.1 Å². The van der Waals surface area contributed by atoms with Crippen molar-refractivity contribution in [2.45, 2.75) is 90.8 Å². The Morgan fingerprint density at radius 1 is 0.755 bits per heavy atom. The Morgan fingerprint density at radius 2 is 1.27 bits per heavy atom. The molecule has 0 heterocycles. The molecule has 0 aromatic heterocycles. The van der Waals surface area contributed by atoms with E-state index in [4.69, 9.17) is 18.9 Å². The zero-order valence-corrected chi connectivity index (χ0v) is 28.5. The van der Waals surface area contributed by atoms with Crippen LogP contribution in [-0.2, 0) is 38.1 Å². The molecule has 3 aliphatic carbocycles. The number of aliphatic hydroxyl groups is 1. The standard InChI is InChI=1S/C38H42O11/c1-21-17-18-28(42)38(45)29(46-22(2)39)20-27-36(4,5)32(48-34(43)24-13-9-7-10-14-24)30(47-23(3)40)33(37(27,6)31(38)26(41)19-21)49-35(44)25-15-11-8-12-16-25/h7-17,27,29-33,45H,18-20H2,1-6H3. The third kappa shape index (κ3) is 6.32. The zero-order valence-electron chi connectivity index (χ0n) is 28.5. The number of ether oxygens (including phenoxy) is 4. The minimum atomic E-state index is -2.53. The smallest absolute Gasteiger partial charge is 0.338 e. The topological polar surface area (TPSA) is 160 Å². The summed E-state index contributed by atoms with van der Waals surface area (Å²) >= 11 is 0. The van der Waals surface area contributed by atoms with Gasteiger partial charge in [-0.25, -0.2) is 9.59 Å². The molecule has 2 aromatic rings.